The molecular weight excluding hydrogens is 240 g/mol. The van der Waals surface area contributed by atoms with Crippen molar-refractivity contribution in [1.82, 2.24) is 5.32 Å². The van der Waals surface area contributed by atoms with Crippen molar-refractivity contribution in [3.05, 3.63) is 24.3 Å². The molecular formula is C15H22N2O2. The first-order chi connectivity index (χ1) is 9.17. The number of rotatable bonds is 3. The maximum Gasteiger partial charge on any atom is 0.319 e. The second-order valence-corrected chi connectivity index (χ2v) is 5.30. The van der Waals surface area contributed by atoms with E-state index in [1.54, 1.807) is 7.11 Å². The minimum atomic E-state index is -0.121. The van der Waals surface area contributed by atoms with E-state index in [4.69, 9.17) is 4.74 Å². The molecule has 19 heavy (non-hydrogen) atoms. The lowest BCUT2D eigenvalue weighted by molar-refractivity contribution is 0.238. The molecule has 2 rings (SSSR count). The summed E-state index contributed by atoms with van der Waals surface area (Å²) in [5, 5.41) is 5.89. The molecule has 0 spiro atoms. The SMILES string of the molecule is COc1ccc(NC(=O)N[C@@H]2CCC[C@@H](C)C2)cc1. The van der Waals surface area contributed by atoms with E-state index < -0.39 is 0 Å². The summed E-state index contributed by atoms with van der Waals surface area (Å²) in [7, 11) is 1.62. The molecule has 1 aromatic rings. The monoisotopic (exact) mass is 262 g/mol. The van der Waals surface area contributed by atoms with Crippen molar-refractivity contribution < 1.29 is 9.53 Å². The number of benzene rings is 1. The van der Waals surface area contributed by atoms with Gasteiger partial charge in [0.05, 0.1) is 7.11 Å². The molecule has 2 atom stereocenters. The van der Waals surface area contributed by atoms with Crippen LogP contribution in [-0.4, -0.2) is 19.2 Å². The van der Waals surface area contributed by atoms with Crippen LogP contribution in [0.4, 0.5) is 10.5 Å². The van der Waals surface area contributed by atoms with E-state index in [1.807, 2.05) is 24.3 Å². The van der Waals surface area contributed by atoms with E-state index in [2.05, 4.69) is 17.6 Å². The number of hydrogen-bond acceptors (Lipinski definition) is 2. The summed E-state index contributed by atoms with van der Waals surface area (Å²) >= 11 is 0. The van der Waals surface area contributed by atoms with Crippen LogP contribution in [-0.2, 0) is 0 Å². The largest absolute Gasteiger partial charge is 0.497 e. The number of amides is 2. The number of carbonyl (C=O) groups is 1. The molecule has 1 aliphatic carbocycles. The molecule has 2 amide bonds. The van der Waals surface area contributed by atoms with Crippen LogP contribution >= 0.6 is 0 Å². The number of hydrogen-bond donors (Lipinski definition) is 2. The Morgan fingerprint density at radius 1 is 1.26 bits per heavy atom. The van der Waals surface area contributed by atoms with Crippen molar-refractivity contribution in [3.8, 4) is 5.75 Å². The second-order valence-electron chi connectivity index (χ2n) is 5.30. The van der Waals surface area contributed by atoms with Crippen molar-refractivity contribution in [3.63, 3.8) is 0 Å². The van der Waals surface area contributed by atoms with Crippen molar-refractivity contribution in [2.75, 3.05) is 12.4 Å². The van der Waals surface area contributed by atoms with Crippen molar-refractivity contribution in [2.45, 2.75) is 38.6 Å². The minimum Gasteiger partial charge on any atom is -0.497 e. The predicted molar refractivity (Wildman–Crippen MR) is 76.6 cm³/mol. The first-order valence-corrected chi connectivity index (χ1v) is 6.89. The Kier molecular flexibility index (Phi) is 4.66. The smallest absolute Gasteiger partial charge is 0.319 e. The maximum atomic E-state index is 11.9. The predicted octanol–water partition coefficient (Wildman–Crippen LogP) is 3.40. The highest BCUT2D eigenvalue weighted by Crippen LogP contribution is 2.23. The van der Waals surface area contributed by atoms with Crippen LogP contribution in [0, 0.1) is 5.92 Å². The third-order valence-electron chi connectivity index (χ3n) is 3.62. The Bertz CT molecular complexity index is 417. The lowest BCUT2D eigenvalue weighted by Crippen LogP contribution is -2.40. The van der Waals surface area contributed by atoms with Gasteiger partial charge in [-0.25, -0.2) is 4.79 Å². The summed E-state index contributed by atoms with van der Waals surface area (Å²) in [4.78, 5) is 11.9. The number of nitrogens with one attached hydrogen (secondary N) is 2. The molecule has 1 aromatic carbocycles. The number of ether oxygens (including phenoxy) is 1. The van der Waals surface area contributed by atoms with Gasteiger partial charge >= 0.3 is 6.03 Å². The van der Waals surface area contributed by atoms with Gasteiger partial charge in [-0.2, -0.15) is 0 Å². The molecule has 0 saturated heterocycles. The van der Waals surface area contributed by atoms with Gasteiger partial charge in [0.2, 0.25) is 0 Å². The number of carbonyl (C=O) groups excluding carboxylic acids is 1. The zero-order valence-corrected chi connectivity index (χ0v) is 11.6. The van der Waals surface area contributed by atoms with E-state index in [0.29, 0.717) is 12.0 Å². The van der Waals surface area contributed by atoms with Crippen molar-refractivity contribution in [1.29, 1.82) is 0 Å². The molecule has 0 aromatic heterocycles. The van der Waals surface area contributed by atoms with E-state index >= 15 is 0 Å². The molecule has 104 valence electrons. The minimum absolute atomic E-state index is 0.121. The van der Waals surface area contributed by atoms with Crippen LogP contribution in [0.15, 0.2) is 24.3 Å². The third kappa shape index (κ3) is 4.16. The molecule has 4 heteroatoms. The first kappa shape index (κ1) is 13.7. The second kappa shape index (κ2) is 6.45. The fraction of sp³-hybridized carbons (Fsp3) is 0.533. The molecule has 2 N–H and O–H groups in total. The Balaban J connectivity index is 1.83. The van der Waals surface area contributed by atoms with Crippen LogP contribution in [0.3, 0.4) is 0 Å². The van der Waals surface area contributed by atoms with Gasteiger partial charge in [-0.1, -0.05) is 19.8 Å². The molecule has 1 fully saturated rings. The van der Waals surface area contributed by atoms with Gasteiger partial charge in [0, 0.05) is 11.7 Å². The summed E-state index contributed by atoms with van der Waals surface area (Å²) in [5.41, 5.74) is 0.780. The Hall–Kier alpha value is -1.71. The summed E-state index contributed by atoms with van der Waals surface area (Å²) in [5.74, 6) is 1.49. The molecule has 0 bridgehead atoms. The molecule has 4 nitrogen and oxygen atoms in total. The van der Waals surface area contributed by atoms with Gasteiger partial charge in [-0.15, -0.1) is 0 Å². The quantitative estimate of drug-likeness (QED) is 0.877. The highest BCUT2D eigenvalue weighted by Gasteiger charge is 2.20. The van der Waals surface area contributed by atoms with Gasteiger partial charge in [0.15, 0.2) is 0 Å². The molecule has 0 unspecified atom stereocenters. The summed E-state index contributed by atoms with van der Waals surface area (Å²) in [6.07, 6.45) is 4.64. The number of methoxy groups -OCH3 is 1. The van der Waals surface area contributed by atoms with Crippen LogP contribution in [0.5, 0.6) is 5.75 Å². The van der Waals surface area contributed by atoms with E-state index in [0.717, 1.165) is 24.3 Å². The van der Waals surface area contributed by atoms with Crippen LogP contribution in [0.25, 0.3) is 0 Å². The zero-order chi connectivity index (χ0) is 13.7. The fourth-order valence-electron chi connectivity index (χ4n) is 2.59. The average molecular weight is 262 g/mol. The summed E-state index contributed by atoms with van der Waals surface area (Å²) < 4.78 is 5.08. The standard InChI is InChI=1S/C15H22N2O2/c1-11-4-3-5-13(10-11)17-15(18)16-12-6-8-14(19-2)9-7-12/h6-9,11,13H,3-5,10H2,1-2H3,(H2,16,17,18)/t11-,13-/m1/s1. The van der Waals surface area contributed by atoms with Crippen LogP contribution < -0.4 is 15.4 Å². The van der Waals surface area contributed by atoms with Crippen molar-refractivity contribution >= 4 is 11.7 Å². The van der Waals surface area contributed by atoms with E-state index in [-0.39, 0.29) is 6.03 Å². The molecule has 0 heterocycles. The Morgan fingerprint density at radius 3 is 2.63 bits per heavy atom. The summed E-state index contributed by atoms with van der Waals surface area (Å²) in [6, 6.07) is 7.52. The number of urea groups is 1. The van der Waals surface area contributed by atoms with E-state index in [9.17, 15) is 4.79 Å². The third-order valence-corrected chi connectivity index (χ3v) is 3.62. The van der Waals surface area contributed by atoms with Crippen molar-refractivity contribution in [2.24, 2.45) is 5.92 Å². The highest BCUT2D eigenvalue weighted by molar-refractivity contribution is 5.89. The first-order valence-electron chi connectivity index (χ1n) is 6.89. The van der Waals surface area contributed by atoms with Gasteiger partial charge in [-0.05, 0) is 43.0 Å². The molecule has 0 aliphatic heterocycles. The van der Waals surface area contributed by atoms with Gasteiger partial charge < -0.3 is 15.4 Å². The topological polar surface area (TPSA) is 50.4 Å². The number of anilines is 1. The molecule has 1 saturated carbocycles. The molecule has 0 radical (unpaired) electrons. The average Bonchev–Trinajstić information content (AvgIpc) is 2.39. The van der Waals surface area contributed by atoms with Gasteiger partial charge in [0.1, 0.15) is 5.75 Å². The van der Waals surface area contributed by atoms with Crippen LogP contribution in [0.2, 0.25) is 0 Å². The van der Waals surface area contributed by atoms with Gasteiger partial charge in [0.25, 0.3) is 0 Å². The van der Waals surface area contributed by atoms with Gasteiger partial charge in [-0.3, -0.25) is 0 Å². The van der Waals surface area contributed by atoms with E-state index in [1.165, 1.54) is 12.8 Å². The highest BCUT2D eigenvalue weighted by atomic mass is 16.5. The fourth-order valence-corrected chi connectivity index (χ4v) is 2.59. The lowest BCUT2D eigenvalue weighted by atomic mass is 9.87. The lowest BCUT2D eigenvalue weighted by Gasteiger charge is -2.27. The zero-order valence-electron chi connectivity index (χ0n) is 11.6. The Morgan fingerprint density at radius 2 is 2.00 bits per heavy atom. The van der Waals surface area contributed by atoms with Crippen LogP contribution in [0.1, 0.15) is 32.6 Å². The normalized spacial score (nSPS) is 22.6. The maximum absolute atomic E-state index is 11.9. The summed E-state index contributed by atoms with van der Waals surface area (Å²) in [6.45, 7) is 2.25. The molecule has 1 aliphatic rings. The Labute approximate surface area is 114 Å².